The van der Waals surface area contributed by atoms with Gasteiger partial charge in [-0.1, -0.05) is 0 Å². The summed E-state index contributed by atoms with van der Waals surface area (Å²) in [5, 5.41) is 4.16. The molecule has 70 valence electrons. The third-order valence-corrected chi connectivity index (χ3v) is 3.06. The largest absolute Gasteiger partial charge is 0.382 e. The van der Waals surface area contributed by atoms with Gasteiger partial charge in [-0.25, -0.2) is 0 Å². The van der Waals surface area contributed by atoms with Crippen LogP contribution in [0.4, 0.5) is 5.82 Å². The minimum Gasteiger partial charge on any atom is -0.382 e. The molecule has 2 bridgehead atoms. The molecule has 0 radical (unpaired) electrons. The first-order chi connectivity index (χ1) is 6.26. The van der Waals surface area contributed by atoms with E-state index < -0.39 is 0 Å². The van der Waals surface area contributed by atoms with E-state index in [4.69, 9.17) is 10.5 Å². The van der Waals surface area contributed by atoms with Gasteiger partial charge in [0.15, 0.2) is 0 Å². The molecule has 0 atom stereocenters. The van der Waals surface area contributed by atoms with E-state index >= 15 is 0 Å². The summed E-state index contributed by atoms with van der Waals surface area (Å²) in [4.78, 5) is 0. The van der Waals surface area contributed by atoms with Gasteiger partial charge in [-0.15, -0.1) is 0 Å². The maximum atomic E-state index is 5.73. The Bertz CT molecular complexity index is 322. The van der Waals surface area contributed by atoms with Crippen molar-refractivity contribution in [2.75, 3.05) is 12.3 Å². The molecule has 2 aliphatic heterocycles. The fraction of sp³-hybridized carbons (Fsp3) is 0.667. The van der Waals surface area contributed by atoms with Gasteiger partial charge in [-0.3, -0.25) is 4.68 Å². The van der Waals surface area contributed by atoms with Crippen LogP contribution in [-0.2, 0) is 11.3 Å². The molecule has 0 aromatic carbocycles. The summed E-state index contributed by atoms with van der Waals surface area (Å²) in [6.45, 7) is 1.80. The van der Waals surface area contributed by atoms with Crippen molar-refractivity contribution in [3.63, 3.8) is 0 Å². The number of hydrogen-bond donors (Lipinski definition) is 1. The number of rotatable bonds is 2. The Morgan fingerprint density at radius 2 is 2.54 bits per heavy atom. The molecule has 3 heterocycles. The Kier molecular flexibility index (Phi) is 1.28. The first kappa shape index (κ1) is 7.38. The molecule has 0 unspecified atom stereocenters. The van der Waals surface area contributed by atoms with Gasteiger partial charge in [-0.2, -0.15) is 5.10 Å². The standard InChI is InChI=1S/C9H13N3O/c10-8-1-2-12(11-8)6-9-3-7(4-9)5-13-9/h1-2,7H,3-6H2,(H2,10,11). The third kappa shape index (κ3) is 1.05. The van der Waals surface area contributed by atoms with E-state index in [0.717, 1.165) is 19.1 Å². The van der Waals surface area contributed by atoms with Gasteiger partial charge in [0.1, 0.15) is 5.82 Å². The number of nitrogens with two attached hydrogens (primary N) is 1. The molecule has 2 saturated heterocycles. The lowest BCUT2D eigenvalue weighted by molar-refractivity contribution is -0.0162. The van der Waals surface area contributed by atoms with Crippen molar-refractivity contribution >= 4 is 5.82 Å². The molecule has 4 nitrogen and oxygen atoms in total. The average molecular weight is 179 g/mol. The van der Waals surface area contributed by atoms with Crippen LogP contribution in [-0.4, -0.2) is 22.0 Å². The van der Waals surface area contributed by atoms with E-state index in [0.29, 0.717) is 5.82 Å². The van der Waals surface area contributed by atoms with E-state index in [-0.39, 0.29) is 5.60 Å². The highest BCUT2D eigenvalue weighted by Gasteiger charge is 2.52. The molecule has 4 heteroatoms. The van der Waals surface area contributed by atoms with Gasteiger partial charge >= 0.3 is 0 Å². The zero-order chi connectivity index (χ0) is 8.89. The minimum absolute atomic E-state index is 0.100. The number of hydrogen-bond acceptors (Lipinski definition) is 3. The summed E-state index contributed by atoms with van der Waals surface area (Å²) in [6, 6.07) is 1.82. The molecule has 1 saturated carbocycles. The number of ether oxygens (including phenoxy) is 1. The molecule has 1 aromatic heterocycles. The van der Waals surface area contributed by atoms with Crippen LogP contribution in [0.1, 0.15) is 12.8 Å². The smallest absolute Gasteiger partial charge is 0.145 e. The van der Waals surface area contributed by atoms with Crippen LogP contribution < -0.4 is 5.73 Å². The molecule has 1 aliphatic carbocycles. The lowest BCUT2D eigenvalue weighted by Crippen LogP contribution is -2.40. The monoisotopic (exact) mass is 179 g/mol. The number of fused-ring (bicyclic) bond motifs is 1. The summed E-state index contributed by atoms with van der Waals surface area (Å²) in [5.41, 5.74) is 5.64. The van der Waals surface area contributed by atoms with Crippen LogP contribution in [0.3, 0.4) is 0 Å². The molecule has 0 amide bonds. The van der Waals surface area contributed by atoms with E-state index in [1.807, 2.05) is 16.9 Å². The number of nitrogens with zero attached hydrogens (tertiary/aromatic N) is 2. The van der Waals surface area contributed by atoms with E-state index in [1.165, 1.54) is 12.8 Å². The lowest BCUT2D eigenvalue weighted by atomic mass is 9.75. The molecule has 3 fully saturated rings. The Morgan fingerprint density at radius 1 is 1.69 bits per heavy atom. The number of anilines is 1. The van der Waals surface area contributed by atoms with Crippen LogP contribution in [0, 0.1) is 5.92 Å². The van der Waals surface area contributed by atoms with E-state index in [1.54, 1.807) is 0 Å². The van der Waals surface area contributed by atoms with Gasteiger partial charge in [0.05, 0.1) is 18.8 Å². The number of aromatic nitrogens is 2. The highest BCUT2D eigenvalue weighted by molar-refractivity contribution is 5.24. The van der Waals surface area contributed by atoms with Crippen LogP contribution in [0.2, 0.25) is 0 Å². The fourth-order valence-electron chi connectivity index (χ4n) is 2.46. The van der Waals surface area contributed by atoms with E-state index in [2.05, 4.69) is 5.10 Å². The normalized spacial score (nSPS) is 36.2. The first-order valence-corrected chi connectivity index (χ1v) is 4.69. The summed E-state index contributed by atoms with van der Waals surface area (Å²) in [7, 11) is 0. The second-order valence-corrected chi connectivity index (χ2v) is 4.21. The fourth-order valence-corrected chi connectivity index (χ4v) is 2.46. The second kappa shape index (κ2) is 2.26. The van der Waals surface area contributed by atoms with Crippen molar-refractivity contribution in [3.05, 3.63) is 12.3 Å². The molecule has 1 aromatic rings. The molecular weight excluding hydrogens is 166 g/mol. The highest BCUT2D eigenvalue weighted by Crippen LogP contribution is 2.49. The zero-order valence-corrected chi connectivity index (χ0v) is 7.44. The Morgan fingerprint density at radius 3 is 3.08 bits per heavy atom. The van der Waals surface area contributed by atoms with Gasteiger partial charge < -0.3 is 10.5 Å². The molecule has 4 rings (SSSR count). The zero-order valence-electron chi connectivity index (χ0n) is 7.44. The second-order valence-electron chi connectivity index (χ2n) is 4.21. The van der Waals surface area contributed by atoms with E-state index in [9.17, 15) is 0 Å². The summed E-state index contributed by atoms with van der Waals surface area (Å²) in [5.74, 6) is 1.40. The highest BCUT2D eigenvalue weighted by atomic mass is 16.5. The van der Waals surface area contributed by atoms with Gasteiger partial charge in [0, 0.05) is 6.20 Å². The SMILES string of the molecule is Nc1ccn(CC23CC(CO2)C3)n1. The molecular formula is C9H13N3O. The molecule has 0 spiro atoms. The minimum atomic E-state index is 0.100. The summed E-state index contributed by atoms with van der Waals surface area (Å²) < 4.78 is 7.61. The predicted octanol–water partition coefficient (Wildman–Crippen LogP) is 0.644. The van der Waals surface area contributed by atoms with Crippen molar-refractivity contribution in [2.45, 2.75) is 25.0 Å². The molecule has 13 heavy (non-hydrogen) atoms. The van der Waals surface area contributed by atoms with Crippen molar-refractivity contribution in [3.8, 4) is 0 Å². The van der Waals surface area contributed by atoms with Crippen LogP contribution in [0.25, 0.3) is 0 Å². The van der Waals surface area contributed by atoms with Gasteiger partial charge in [-0.05, 0) is 24.8 Å². The van der Waals surface area contributed by atoms with Crippen molar-refractivity contribution in [2.24, 2.45) is 5.92 Å². The quantitative estimate of drug-likeness (QED) is 0.725. The number of nitrogen functional groups attached to an aromatic ring is 1. The topological polar surface area (TPSA) is 53.1 Å². The summed E-state index contributed by atoms with van der Waals surface area (Å²) >= 11 is 0. The molecule has 3 aliphatic rings. The van der Waals surface area contributed by atoms with Crippen LogP contribution in [0.15, 0.2) is 12.3 Å². The predicted molar refractivity (Wildman–Crippen MR) is 48.0 cm³/mol. The first-order valence-electron chi connectivity index (χ1n) is 4.69. The van der Waals surface area contributed by atoms with Crippen molar-refractivity contribution in [1.29, 1.82) is 0 Å². The summed E-state index contributed by atoms with van der Waals surface area (Å²) in [6.07, 6.45) is 4.32. The van der Waals surface area contributed by atoms with Gasteiger partial charge in [0.2, 0.25) is 0 Å². The van der Waals surface area contributed by atoms with Crippen LogP contribution >= 0.6 is 0 Å². The maximum absolute atomic E-state index is 5.73. The lowest BCUT2D eigenvalue weighted by Gasteiger charge is -2.35. The van der Waals surface area contributed by atoms with Crippen molar-refractivity contribution < 1.29 is 4.74 Å². The Balaban J connectivity index is 1.75. The van der Waals surface area contributed by atoms with Crippen molar-refractivity contribution in [1.82, 2.24) is 9.78 Å². The molecule has 2 N–H and O–H groups in total. The van der Waals surface area contributed by atoms with Gasteiger partial charge in [0.25, 0.3) is 0 Å². The maximum Gasteiger partial charge on any atom is 0.145 e. The van der Waals surface area contributed by atoms with Crippen LogP contribution in [0.5, 0.6) is 0 Å². The average Bonchev–Trinajstić information content (AvgIpc) is 2.65. The Labute approximate surface area is 76.7 Å². The third-order valence-electron chi connectivity index (χ3n) is 3.06. The Hall–Kier alpha value is -1.03.